The Kier molecular flexibility index (Phi) is 5.93. The molecule has 1 unspecified atom stereocenters. The second kappa shape index (κ2) is 7.24. The van der Waals surface area contributed by atoms with E-state index >= 15 is 0 Å². The Morgan fingerprint density at radius 2 is 1.71 bits per heavy atom. The Hall–Kier alpha value is -1.85. The van der Waals surface area contributed by atoms with Gasteiger partial charge in [-0.2, -0.15) is 0 Å². The fourth-order valence-electron chi connectivity index (χ4n) is 1.95. The first-order valence-corrected chi connectivity index (χ1v) is 7.22. The highest BCUT2D eigenvalue weighted by Crippen LogP contribution is 2.24. The van der Waals surface area contributed by atoms with E-state index in [0.717, 1.165) is 17.2 Å². The van der Waals surface area contributed by atoms with Gasteiger partial charge in [-0.05, 0) is 12.8 Å². The maximum atomic E-state index is 11.9. The van der Waals surface area contributed by atoms with Crippen LogP contribution in [0.5, 0.6) is 0 Å². The molecule has 0 amide bonds. The van der Waals surface area contributed by atoms with Gasteiger partial charge >= 0.3 is 5.97 Å². The Morgan fingerprint density at radius 1 is 1.14 bits per heavy atom. The number of methoxy groups -OCH3 is 1. The van der Waals surface area contributed by atoms with Gasteiger partial charge in [-0.1, -0.05) is 27.7 Å². The minimum Gasteiger partial charge on any atom is -0.467 e. The van der Waals surface area contributed by atoms with E-state index in [1.807, 2.05) is 41.7 Å². The van der Waals surface area contributed by atoms with Crippen LogP contribution in [-0.4, -0.2) is 36.1 Å². The van der Waals surface area contributed by atoms with Crippen LogP contribution in [0.2, 0.25) is 0 Å². The number of hydrogen-bond acceptors (Lipinski definition) is 6. The van der Waals surface area contributed by atoms with Crippen LogP contribution in [0.15, 0.2) is 0 Å². The zero-order valence-electron chi connectivity index (χ0n) is 13.9. The number of hydrogen-bond donors (Lipinski definition) is 2. The van der Waals surface area contributed by atoms with Gasteiger partial charge in [0.05, 0.1) is 7.11 Å². The Labute approximate surface area is 126 Å². The lowest BCUT2D eigenvalue weighted by atomic mass is 10.0. The summed E-state index contributed by atoms with van der Waals surface area (Å²) < 4.78 is 4.86. The van der Waals surface area contributed by atoms with Crippen molar-refractivity contribution in [2.24, 2.45) is 5.92 Å². The van der Waals surface area contributed by atoms with Crippen LogP contribution < -0.4 is 10.6 Å². The quantitative estimate of drug-likeness (QED) is 0.785. The molecule has 0 saturated heterocycles. The lowest BCUT2D eigenvalue weighted by Gasteiger charge is -2.22. The summed E-state index contributed by atoms with van der Waals surface area (Å²) in [7, 11) is 3.22. The molecule has 1 heterocycles. The molecule has 1 rings (SSSR count). The van der Waals surface area contributed by atoms with E-state index < -0.39 is 6.04 Å². The molecular weight excluding hydrogens is 268 g/mol. The zero-order chi connectivity index (χ0) is 16.2. The zero-order valence-corrected chi connectivity index (χ0v) is 13.9. The Morgan fingerprint density at radius 3 is 2.14 bits per heavy atom. The molecule has 21 heavy (non-hydrogen) atoms. The van der Waals surface area contributed by atoms with Crippen molar-refractivity contribution < 1.29 is 9.53 Å². The van der Waals surface area contributed by atoms with E-state index in [0.29, 0.717) is 5.82 Å². The molecule has 0 fully saturated rings. The molecule has 0 saturated carbocycles. The van der Waals surface area contributed by atoms with Gasteiger partial charge in [0.1, 0.15) is 23.5 Å². The van der Waals surface area contributed by atoms with Crippen LogP contribution in [0, 0.1) is 12.8 Å². The van der Waals surface area contributed by atoms with Gasteiger partial charge in [-0.25, -0.2) is 14.8 Å². The number of nitrogens with one attached hydrogen (secondary N) is 2. The number of carbonyl (C=O) groups excluding carboxylic acids is 1. The van der Waals surface area contributed by atoms with Gasteiger partial charge in [0, 0.05) is 18.5 Å². The smallest absolute Gasteiger partial charge is 0.328 e. The van der Waals surface area contributed by atoms with E-state index in [4.69, 9.17) is 4.74 Å². The molecular formula is C15H26N4O2. The van der Waals surface area contributed by atoms with Crippen LogP contribution in [-0.2, 0) is 9.53 Å². The van der Waals surface area contributed by atoms with Crippen molar-refractivity contribution in [2.45, 2.75) is 46.6 Å². The first-order chi connectivity index (χ1) is 9.81. The predicted octanol–water partition coefficient (Wildman–Crippen LogP) is 2.56. The number of ether oxygens (including phenoxy) is 1. The molecule has 2 N–H and O–H groups in total. The highest BCUT2D eigenvalue weighted by atomic mass is 16.5. The Balaban J connectivity index is 3.21. The lowest BCUT2D eigenvalue weighted by Crippen LogP contribution is -2.36. The number of anilines is 2. The van der Waals surface area contributed by atoms with Crippen LogP contribution in [0.4, 0.5) is 11.6 Å². The largest absolute Gasteiger partial charge is 0.467 e. The minimum absolute atomic E-state index is 0.0901. The van der Waals surface area contributed by atoms with Crippen LogP contribution in [0.25, 0.3) is 0 Å². The van der Waals surface area contributed by atoms with Crippen molar-refractivity contribution in [2.75, 3.05) is 24.8 Å². The van der Waals surface area contributed by atoms with Crippen LogP contribution >= 0.6 is 0 Å². The first-order valence-electron chi connectivity index (χ1n) is 7.22. The molecule has 0 aromatic carbocycles. The number of aromatic nitrogens is 2. The third kappa shape index (κ3) is 4.06. The monoisotopic (exact) mass is 294 g/mol. The molecule has 6 nitrogen and oxygen atoms in total. The summed E-state index contributed by atoms with van der Waals surface area (Å²) in [5, 5.41) is 6.27. The normalized spacial score (nSPS) is 12.4. The van der Waals surface area contributed by atoms with Gasteiger partial charge in [0.2, 0.25) is 0 Å². The van der Waals surface area contributed by atoms with E-state index in [1.54, 1.807) is 0 Å². The maximum absolute atomic E-state index is 11.9. The number of carbonyl (C=O) groups is 1. The summed E-state index contributed by atoms with van der Waals surface area (Å²) in [6.45, 7) is 9.93. The SMILES string of the molecule is CNc1nc(C(C)C)nc(NC(C(=O)OC)C(C)C)c1C. The summed E-state index contributed by atoms with van der Waals surface area (Å²) in [6, 6.07) is -0.437. The number of rotatable bonds is 6. The van der Waals surface area contributed by atoms with Gasteiger partial charge in [-0.3, -0.25) is 0 Å². The summed E-state index contributed by atoms with van der Waals surface area (Å²) in [4.78, 5) is 20.9. The maximum Gasteiger partial charge on any atom is 0.328 e. The Bertz CT molecular complexity index is 501. The van der Waals surface area contributed by atoms with Crippen molar-refractivity contribution in [3.05, 3.63) is 11.4 Å². The summed E-state index contributed by atoms with van der Waals surface area (Å²) in [5.74, 6) is 2.17. The molecule has 0 bridgehead atoms. The minimum atomic E-state index is -0.437. The molecule has 118 valence electrons. The number of nitrogens with zero attached hydrogens (tertiary/aromatic N) is 2. The molecule has 6 heteroatoms. The van der Waals surface area contributed by atoms with Crippen LogP contribution in [0.3, 0.4) is 0 Å². The molecule has 1 aromatic heterocycles. The van der Waals surface area contributed by atoms with Crippen LogP contribution in [0.1, 0.15) is 45.0 Å². The molecule has 0 radical (unpaired) electrons. The second-order valence-electron chi connectivity index (χ2n) is 5.70. The van der Waals surface area contributed by atoms with Gasteiger partial charge in [0.15, 0.2) is 0 Å². The molecule has 1 atom stereocenters. The third-order valence-corrected chi connectivity index (χ3v) is 3.33. The number of esters is 1. The van der Waals surface area contributed by atoms with Crippen molar-refractivity contribution in [3.63, 3.8) is 0 Å². The topological polar surface area (TPSA) is 76.1 Å². The summed E-state index contributed by atoms with van der Waals surface area (Å²) in [6.07, 6.45) is 0. The van der Waals surface area contributed by atoms with Crippen molar-refractivity contribution in [3.8, 4) is 0 Å². The van der Waals surface area contributed by atoms with Crippen molar-refractivity contribution >= 4 is 17.6 Å². The summed E-state index contributed by atoms with van der Waals surface area (Å²) in [5.41, 5.74) is 0.886. The van der Waals surface area contributed by atoms with Gasteiger partial charge in [0.25, 0.3) is 0 Å². The first kappa shape index (κ1) is 17.2. The second-order valence-corrected chi connectivity index (χ2v) is 5.70. The highest BCUT2D eigenvalue weighted by Gasteiger charge is 2.25. The van der Waals surface area contributed by atoms with E-state index in [9.17, 15) is 4.79 Å². The lowest BCUT2D eigenvalue weighted by molar-refractivity contribution is -0.142. The molecule has 0 aliphatic carbocycles. The predicted molar refractivity (Wildman–Crippen MR) is 84.7 cm³/mol. The van der Waals surface area contributed by atoms with E-state index in [1.165, 1.54) is 7.11 Å². The standard InChI is InChI=1S/C15H26N4O2/c1-8(2)11(15(20)21-7)17-14-10(5)13(16-6)18-12(19-14)9(3)4/h8-9,11H,1-7H3,(H2,16,17,18,19). The molecule has 0 aliphatic rings. The molecule has 0 spiro atoms. The molecule has 0 aliphatic heterocycles. The highest BCUT2D eigenvalue weighted by molar-refractivity contribution is 5.79. The average Bonchev–Trinajstić information content (AvgIpc) is 2.44. The fourth-order valence-corrected chi connectivity index (χ4v) is 1.95. The van der Waals surface area contributed by atoms with Crippen molar-refractivity contribution in [1.82, 2.24) is 9.97 Å². The van der Waals surface area contributed by atoms with E-state index in [-0.39, 0.29) is 17.8 Å². The molecule has 1 aromatic rings. The van der Waals surface area contributed by atoms with Gasteiger partial charge < -0.3 is 15.4 Å². The van der Waals surface area contributed by atoms with E-state index in [2.05, 4.69) is 20.6 Å². The summed E-state index contributed by atoms with van der Waals surface area (Å²) >= 11 is 0. The third-order valence-electron chi connectivity index (χ3n) is 3.33. The average molecular weight is 294 g/mol. The van der Waals surface area contributed by atoms with Crippen molar-refractivity contribution in [1.29, 1.82) is 0 Å². The fraction of sp³-hybridized carbons (Fsp3) is 0.667. The van der Waals surface area contributed by atoms with Gasteiger partial charge in [-0.15, -0.1) is 0 Å².